The van der Waals surface area contributed by atoms with Gasteiger partial charge in [0.2, 0.25) is 11.6 Å². The summed E-state index contributed by atoms with van der Waals surface area (Å²) >= 11 is 0. The fourth-order valence-electron chi connectivity index (χ4n) is 2.46. The summed E-state index contributed by atoms with van der Waals surface area (Å²) in [6, 6.07) is 0. The smallest absolute Gasteiger partial charge is 0.220 e. The molecule has 5 nitrogen and oxygen atoms in total. The normalized spacial score (nSPS) is 46.7. The summed E-state index contributed by atoms with van der Waals surface area (Å²) in [7, 11) is 3.11. The van der Waals surface area contributed by atoms with Crippen molar-refractivity contribution in [2.45, 2.75) is 56.9 Å². The van der Waals surface area contributed by atoms with Crippen LogP contribution in [0.25, 0.3) is 0 Å². The summed E-state index contributed by atoms with van der Waals surface area (Å²) < 4.78 is 22.7. The molecule has 2 aliphatic rings. The van der Waals surface area contributed by atoms with Gasteiger partial charge in [-0.2, -0.15) is 0 Å². The van der Waals surface area contributed by atoms with Crippen LogP contribution in [-0.2, 0) is 23.7 Å². The van der Waals surface area contributed by atoms with Crippen LogP contribution in [0.4, 0.5) is 0 Å². The van der Waals surface area contributed by atoms with E-state index in [2.05, 4.69) is 0 Å². The van der Waals surface area contributed by atoms with Gasteiger partial charge < -0.3 is 18.9 Å². The molecule has 4 atom stereocenters. The van der Waals surface area contributed by atoms with Gasteiger partial charge in [-0.15, -0.1) is 0 Å². The molecule has 0 radical (unpaired) electrons. The lowest BCUT2D eigenvalue weighted by atomic mass is 9.90. The van der Waals surface area contributed by atoms with Crippen LogP contribution in [0.5, 0.6) is 0 Å². The van der Waals surface area contributed by atoms with Crippen molar-refractivity contribution in [2.75, 3.05) is 14.2 Å². The van der Waals surface area contributed by atoms with Gasteiger partial charge in [-0.25, -0.2) is 0 Å². The summed E-state index contributed by atoms with van der Waals surface area (Å²) in [5.41, 5.74) is 0. The number of carbonyl (C=O) groups is 1. The van der Waals surface area contributed by atoms with Crippen LogP contribution in [-0.4, -0.2) is 43.8 Å². The Morgan fingerprint density at radius 1 is 1.12 bits per heavy atom. The van der Waals surface area contributed by atoms with Crippen molar-refractivity contribution in [1.29, 1.82) is 0 Å². The molecule has 1 aliphatic heterocycles. The molecular weight excluding hydrogens is 224 g/mol. The van der Waals surface area contributed by atoms with Gasteiger partial charge >= 0.3 is 0 Å². The lowest BCUT2D eigenvalue weighted by Crippen LogP contribution is -2.66. The van der Waals surface area contributed by atoms with E-state index in [4.69, 9.17) is 18.9 Å². The van der Waals surface area contributed by atoms with E-state index in [-0.39, 0.29) is 18.0 Å². The standard InChI is InChI=1S/C12H20O5/c1-11(14-3)12(2,15-4)17-10-7-8(13)5-6-9(10)16-11/h9-10H,5-7H2,1-4H3/t9-,10-,11+,12+/m1/s1. The minimum Gasteiger partial charge on any atom is -0.349 e. The molecule has 98 valence electrons. The molecule has 0 amide bonds. The van der Waals surface area contributed by atoms with E-state index in [1.807, 2.05) is 0 Å². The largest absolute Gasteiger partial charge is 0.349 e. The third-order valence-electron chi connectivity index (χ3n) is 3.91. The lowest BCUT2D eigenvalue weighted by molar-refractivity contribution is -0.449. The van der Waals surface area contributed by atoms with Crippen molar-refractivity contribution in [2.24, 2.45) is 0 Å². The lowest BCUT2D eigenvalue weighted by Gasteiger charge is -2.53. The Kier molecular flexibility index (Phi) is 3.29. The first-order valence-electron chi connectivity index (χ1n) is 5.92. The second kappa shape index (κ2) is 4.31. The molecule has 0 bridgehead atoms. The molecule has 0 aromatic rings. The first-order valence-corrected chi connectivity index (χ1v) is 5.92. The Morgan fingerprint density at radius 3 is 2.18 bits per heavy atom. The van der Waals surface area contributed by atoms with Crippen molar-refractivity contribution >= 4 is 5.78 Å². The van der Waals surface area contributed by atoms with Crippen LogP contribution >= 0.6 is 0 Å². The summed E-state index contributed by atoms with van der Waals surface area (Å²) in [4.78, 5) is 11.4. The maximum absolute atomic E-state index is 11.4. The molecular formula is C12H20O5. The van der Waals surface area contributed by atoms with Crippen LogP contribution in [0, 0.1) is 0 Å². The third kappa shape index (κ3) is 2.01. The molecule has 0 aromatic carbocycles. The average Bonchev–Trinajstić information content (AvgIpc) is 2.31. The Balaban J connectivity index is 2.22. The van der Waals surface area contributed by atoms with Crippen molar-refractivity contribution < 1.29 is 23.7 Å². The van der Waals surface area contributed by atoms with Crippen LogP contribution in [0.15, 0.2) is 0 Å². The Labute approximate surface area is 101 Å². The Hall–Kier alpha value is -0.490. The van der Waals surface area contributed by atoms with E-state index in [9.17, 15) is 4.79 Å². The van der Waals surface area contributed by atoms with E-state index < -0.39 is 11.6 Å². The number of rotatable bonds is 2. The fraction of sp³-hybridized carbons (Fsp3) is 0.917. The monoisotopic (exact) mass is 244 g/mol. The van der Waals surface area contributed by atoms with Gasteiger partial charge in [0.25, 0.3) is 0 Å². The molecule has 0 aromatic heterocycles. The molecule has 0 N–H and O–H groups in total. The zero-order chi connectivity index (χ0) is 12.7. The number of ether oxygens (including phenoxy) is 4. The van der Waals surface area contributed by atoms with Crippen LogP contribution in [0.3, 0.4) is 0 Å². The maximum atomic E-state index is 11.4. The number of hydrogen-bond acceptors (Lipinski definition) is 5. The van der Waals surface area contributed by atoms with Crippen molar-refractivity contribution in [3.05, 3.63) is 0 Å². The van der Waals surface area contributed by atoms with Crippen molar-refractivity contribution in [3.63, 3.8) is 0 Å². The van der Waals surface area contributed by atoms with Crippen molar-refractivity contribution in [3.8, 4) is 0 Å². The predicted molar refractivity (Wildman–Crippen MR) is 59.4 cm³/mol. The molecule has 1 saturated carbocycles. The summed E-state index contributed by atoms with van der Waals surface area (Å²) in [5, 5.41) is 0. The van der Waals surface area contributed by atoms with Crippen molar-refractivity contribution in [1.82, 2.24) is 0 Å². The molecule has 1 heterocycles. The van der Waals surface area contributed by atoms with Gasteiger partial charge in [-0.05, 0) is 20.3 Å². The van der Waals surface area contributed by atoms with E-state index >= 15 is 0 Å². The molecule has 0 unspecified atom stereocenters. The highest BCUT2D eigenvalue weighted by atomic mass is 16.8. The highest BCUT2D eigenvalue weighted by Gasteiger charge is 2.57. The van der Waals surface area contributed by atoms with E-state index in [0.717, 1.165) is 0 Å². The van der Waals surface area contributed by atoms with Gasteiger partial charge in [0.15, 0.2) is 0 Å². The minimum absolute atomic E-state index is 0.0964. The van der Waals surface area contributed by atoms with Gasteiger partial charge in [0.05, 0.1) is 12.2 Å². The minimum atomic E-state index is -0.999. The van der Waals surface area contributed by atoms with E-state index in [0.29, 0.717) is 19.3 Å². The third-order valence-corrected chi connectivity index (χ3v) is 3.91. The first-order chi connectivity index (χ1) is 7.94. The quantitative estimate of drug-likeness (QED) is 0.731. The van der Waals surface area contributed by atoms with E-state index in [1.54, 1.807) is 28.1 Å². The molecule has 17 heavy (non-hydrogen) atoms. The SMILES string of the molecule is CO[C@@]1(C)O[C@@H]2CCC(=O)C[C@H]2O[C@]1(C)OC. The van der Waals surface area contributed by atoms with Crippen LogP contribution in [0.1, 0.15) is 33.1 Å². The van der Waals surface area contributed by atoms with Gasteiger partial charge in [0.1, 0.15) is 5.78 Å². The average molecular weight is 244 g/mol. The molecule has 1 aliphatic carbocycles. The summed E-state index contributed by atoms with van der Waals surface area (Å²) in [6.07, 6.45) is 1.30. The second-order valence-corrected chi connectivity index (χ2v) is 4.89. The van der Waals surface area contributed by atoms with E-state index in [1.165, 1.54) is 0 Å². The van der Waals surface area contributed by atoms with Gasteiger partial charge in [-0.1, -0.05) is 0 Å². The molecule has 5 heteroatoms. The number of carbonyl (C=O) groups excluding carboxylic acids is 1. The molecule has 0 spiro atoms. The number of fused-ring (bicyclic) bond motifs is 1. The number of methoxy groups -OCH3 is 2. The Bertz CT molecular complexity index is 318. The zero-order valence-corrected chi connectivity index (χ0v) is 10.8. The van der Waals surface area contributed by atoms with Crippen LogP contribution in [0.2, 0.25) is 0 Å². The highest BCUT2D eigenvalue weighted by Crippen LogP contribution is 2.42. The second-order valence-electron chi connectivity index (χ2n) is 4.89. The Morgan fingerprint density at radius 2 is 1.65 bits per heavy atom. The molecule has 2 fully saturated rings. The number of ketones is 1. The predicted octanol–water partition coefficient (Wildman–Crippen LogP) is 1.25. The molecule has 1 saturated heterocycles. The zero-order valence-electron chi connectivity index (χ0n) is 10.8. The number of hydrogen-bond donors (Lipinski definition) is 0. The van der Waals surface area contributed by atoms with Gasteiger partial charge in [-0.3, -0.25) is 4.79 Å². The maximum Gasteiger partial charge on any atom is 0.220 e. The summed E-state index contributed by atoms with van der Waals surface area (Å²) in [5.74, 6) is -1.74. The fourth-order valence-corrected chi connectivity index (χ4v) is 2.46. The topological polar surface area (TPSA) is 54.0 Å². The number of Topliss-reactive ketones (excluding diaryl/α,β-unsaturated/α-hetero) is 1. The highest BCUT2D eigenvalue weighted by molar-refractivity contribution is 5.79. The van der Waals surface area contributed by atoms with Crippen LogP contribution < -0.4 is 0 Å². The van der Waals surface area contributed by atoms with Gasteiger partial charge in [0, 0.05) is 27.1 Å². The summed E-state index contributed by atoms with van der Waals surface area (Å²) in [6.45, 7) is 3.56. The first kappa shape index (κ1) is 13.0. The molecule has 2 rings (SSSR count).